The maximum atomic E-state index is 7.60. The first-order chi connectivity index (χ1) is 62.5. The number of para-hydroxylation sites is 4. The number of anilines is 6. The van der Waals surface area contributed by atoms with E-state index in [9.17, 15) is 0 Å². The lowest BCUT2D eigenvalue weighted by molar-refractivity contribution is 0.669. The van der Waals surface area contributed by atoms with Crippen LogP contribution in [0.25, 0.3) is 194 Å². The van der Waals surface area contributed by atoms with Crippen LogP contribution in [-0.4, -0.2) is 11.3 Å². The SMILES string of the molecule is c1ccc(-c2cccc(-c3ccc4c(c3)B3c5cc(-c6cccc(-c7ccccc7)c6)ccc5N(c5c(-c6cccc(-c7ccccc7)c6)cc(-c6ccccc6)c6oc7ccccc7c56)c5cc(-c6ccc7c(c6)c6ccccc6n7-c6ccccc6)cc(c53)N4c3c(-c4cccc(-c5ccccc5)c4)cc(-c4ccccc4)c4oc5ccccc5c34)c2)cc1. The van der Waals surface area contributed by atoms with Gasteiger partial charge in [0.2, 0.25) is 0 Å². The Morgan fingerprint density at radius 3 is 0.937 bits per heavy atom. The van der Waals surface area contributed by atoms with Crippen LogP contribution in [-0.2, 0) is 0 Å². The summed E-state index contributed by atoms with van der Waals surface area (Å²) in [4.78, 5) is 5.37. The van der Waals surface area contributed by atoms with Crippen LogP contribution in [0.3, 0.4) is 0 Å². The van der Waals surface area contributed by atoms with Crippen LogP contribution in [0.5, 0.6) is 0 Å². The van der Waals surface area contributed by atoms with Gasteiger partial charge in [-0.3, -0.25) is 0 Å². The zero-order chi connectivity index (χ0) is 82.9. The Morgan fingerprint density at radius 1 is 0.190 bits per heavy atom. The fourth-order valence-corrected chi connectivity index (χ4v) is 20.4. The number of nitrogens with zero attached hydrogens (tertiary/aromatic N) is 3. The van der Waals surface area contributed by atoms with Crippen LogP contribution in [0.15, 0.2) is 470 Å². The molecule has 5 nitrogen and oxygen atoms in total. The minimum absolute atomic E-state index is 0.419. The van der Waals surface area contributed by atoms with Crippen LogP contribution in [0, 0.1) is 0 Å². The molecule has 2 aliphatic heterocycles. The number of aromatic nitrogens is 1. The molecule has 0 fully saturated rings. The molecule has 5 heterocycles. The average molecular weight is 1600 g/mol. The lowest BCUT2D eigenvalue weighted by Gasteiger charge is -2.45. The van der Waals surface area contributed by atoms with E-state index in [0.717, 1.165) is 239 Å². The lowest BCUT2D eigenvalue weighted by Crippen LogP contribution is -2.61. The molecule has 0 saturated carbocycles. The third-order valence-corrected chi connectivity index (χ3v) is 26.1. The van der Waals surface area contributed by atoms with E-state index >= 15 is 0 Å². The molecule has 0 atom stereocenters. The topological polar surface area (TPSA) is 37.7 Å². The number of hydrogen-bond donors (Lipinski definition) is 0. The third kappa shape index (κ3) is 11.9. The molecular formula is C120H76BN3O2. The Labute approximate surface area is 730 Å². The number of furan rings is 2. The van der Waals surface area contributed by atoms with Gasteiger partial charge in [0, 0.05) is 72.2 Å². The highest BCUT2D eigenvalue weighted by Crippen LogP contribution is 2.58. The predicted octanol–water partition coefficient (Wildman–Crippen LogP) is 31.0. The van der Waals surface area contributed by atoms with Crippen LogP contribution >= 0.6 is 0 Å². The maximum absolute atomic E-state index is 7.60. The molecule has 0 amide bonds. The third-order valence-electron chi connectivity index (χ3n) is 26.1. The van der Waals surface area contributed by atoms with Crippen LogP contribution in [0.2, 0.25) is 0 Å². The molecule has 0 unspecified atom stereocenters. The molecule has 0 N–H and O–H groups in total. The first kappa shape index (κ1) is 72.3. The highest BCUT2D eigenvalue weighted by Gasteiger charge is 2.47. The Morgan fingerprint density at radius 2 is 0.508 bits per heavy atom. The number of hydrogen-bond acceptors (Lipinski definition) is 4. The molecule has 586 valence electrons. The average Bonchev–Trinajstić information content (AvgIpc) is 0.999. The summed E-state index contributed by atoms with van der Waals surface area (Å²) in [5.74, 6) is 0. The van der Waals surface area contributed by atoms with Gasteiger partial charge in [0.05, 0.1) is 33.2 Å². The van der Waals surface area contributed by atoms with Crippen molar-refractivity contribution in [3.05, 3.63) is 461 Å². The second-order valence-electron chi connectivity index (χ2n) is 33.3. The predicted molar refractivity (Wildman–Crippen MR) is 529 cm³/mol. The number of rotatable bonds is 14. The normalized spacial score (nSPS) is 12.2. The fourth-order valence-electron chi connectivity index (χ4n) is 20.4. The molecule has 126 heavy (non-hydrogen) atoms. The highest BCUT2D eigenvalue weighted by molar-refractivity contribution is 7.00. The van der Waals surface area contributed by atoms with Crippen molar-refractivity contribution in [3.8, 4) is 128 Å². The fraction of sp³-hybridized carbons (Fsp3) is 0. The van der Waals surface area contributed by atoms with Crippen molar-refractivity contribution in [3.63, 3.8) is 0 Å². The molecule has 20 aromatic carbocycles. The van der Waals surface area contributed by atoms with E-state index in [4.69, 9.17) is 8.83 Å². The van der Waals surface area contributed by atoms with E-state index in [1.165, 1.54) is 5.39 Å². The summed E-state index contributed by atoms with van der Waals surface area (Å²) in [5, 5.41) is 6.34. The van der Waals surface area contributed by atoms with Gasteiger partial charge in [-0.1, -0.05) is 358 Å². The summed E-state index contributed by atoms with van der Waals surface area (Å²) in [6.45, 7) is -0.419. The molecule has 2 aliphatic rings. The summed E-state index contributed by atoms with van der Waals surface area (Å²) >= 11 is 0. The quantitative estimate of drug-likeness (QED) is 0.102. The standard InChI is InChI=1S/C120H76BN3O2/c1-8-32-77(33-9-1)83-44-28-48-87(66-83)90-61-64-108-104(71-90)121-105-72-91(88-49-29-45-84(67-88)78-34-10-2-11-35-78)62-65-109(105)124(118-100(93-51-31-47-86(69-93)80-38-14-4-15-39-80)76-102(82-42-18-6-19-43-82)120-115(118)98-56-24-27-59-113(98)126-120)111-74-94(89-60-63-107-103(70-89)96-54-22-25-57-106(96)122(107)95-52-20-7-21-53-95)73-110(116(111)121)123(108)117-99(92-50-30-46-85(68-92)79-36-12-3-13-37-79)75-101(81-40-16-5-17-41-81)119-114(117)97-55-23-26-58-112(97)125-119/h1-76H. The monoisotopic (exact) mass is 1600 g/mol. The van der Waals surface area contributed by atoms with Gasteiger partial charge in [-0.05, 0) is 220 Å². The Hall–Kier alpha value is -16.5. The lowest BCUT2D eigenvalue weighted by atomic mass is 9.33. The minimum atomic E-state index is -0.419. The first-order valence-electron chi connectivity index (χ1n) is 43.4. The summed E-state index contributed by atoms with van der Waals surface area (Å²) in [6, 6.07) is 171. The molecule has 23 aromatic rings. The van der Waals surface area contributed by atoms with Gasteiger partial charge >= 0.3 is 0 Å². The van der Waals surface area contributed by atoms with E-state index in [2.05, 4.69) is 475 Å². The molecule has 0 radical (unpaired) electrons. The smallest absolute Gasteiger partial charge is 0.252 e. The van der Waals surface area contributed by atoms with E-state index < -0.39 is 6.71 Å². The summed E-state index contributed by atoms with van der Waals surface area (Å²) in [5.41, 5.74) is 40.1. The molecule has 0 spiro atoms. The highest BCUT2D eigenvalue weighted by atomic mass is 16.3. The molecule has 0 saturated heterocycles. The van der Waals surface area contributed by atoms with Crippen LogP contribution in [0.4, 0.5) is 34.1 Å². The van der Waals surface area contributed by atoms with Gasteiger partial charge in [-0.2, -0.15) is 0 Å². The zero-order valence-corrected chi connectivity index (χ0v) is 68.6. The van der Waals surface area contributed by atoms with Crippen molar-refractivity contribution >= 4 is 123 Å². The molecule has 25 rings (SSSR count). The van der Waals surface area contributed by atoms with Crippen molar-refractivity contribution in [2.24, 2.45) is 0 Å². The number of fused-ring (bicyclic) bond motifs is 13. The molecule has 6 heteroatoms. The molecule has 0 aliphatic carbocycles. The van der Waals surface area contributed by atoms with E-state index in [1.54, 1.807) is 0 Å². The van der Waals surface area contributed by atoms with Crippen molar-refractivity contribution in [1.29, 1.82) is 0 Å². The van der Waals surface area contributed by atoms with Crippen molar-refractivity contribution in [1.82, 2.24) is 4.57 Å². The van der Waals surface area contributed by atoms with Crippen molar-refractivity contribution in [2.75, 3.05) is 9.80 Å². The molecular weight excluding hydrogens is 1530 g/mol. The second kappa shape index (κ2) is 29.7. The van der Waals surface area contributed by atoms with Crippen LogP contribution in [0.1, 0.15) is 0 Å². The Kier molecular flexibility index (Phi) is 17.0. The maximum Gasteiger partial charge on any atom is 0.252 e. The van der Waals surface area contributed by atoms with E-state index in [0.29, 0.717) is 0 Å². The molecule has 3 aromatic heterocycles. The van der Waals surface area contributed by atoms with Crippen molar-refractivity contribution < 1.29 is 8.83 Å². The van der Waals surface area contributed by atoms with Gasteiger partial charge in [-0.25, -0.2) is 0 Å². The van der Waals surface area contributed by atoms with Gasteiger partial charge in [0.1, 0.15) is 22.3 Å². The van der Waals surface area contributed by atoms with Gasteiger partial charge in [0.15, 0.2) is 0 Å². The Bertz CT molecular complexity index is 7860. The zero-order valence-electron chi connectivity index (χ0n) is 68.6. The van der Waals surface area contributed by atoms with E-state index in [-0.39, 0.29) is 0 Å². The Balaban J connectivity index is 0.873. The summed E-state index contributed by atoms with van der Waals surface area (Å²) < 4.78 is 17.6. The van der Waals surface area contributed by atoms with Crippen LogP contribution < -0.4 is 26.2 Å². The minimum Gasteiger partial charge on any atom is -0.455 e. The second-order valence-corrected chi connectivity index (χ2v) is 33.3. The van der Waals surface area contributed by atoms with Crippen molar-refractivity contribution in [2.45, 2.75) is 0 Å². The summed E-state index contributed by atoms with van der Waals surface area (Å²) in [6.07, 6.45) is 0. The van der Waals surface area contributed by atoms with Gasteiger partial charge in [0.25, 0.3) is 6.71 Å². The van der Waals surface area contributed by atoms with E-state index in [1.807, 2.05) is 0 Å². The van der Waals surface area contributed by atoms with Gasteiger partial charge < -0.3 is 23.2 Å². The first-order valence-corrected chi connectivity index (χ1v) is 43.4. The summed E-state index contributed by atoms with van der Waals surface area (Å²) in [7, 11) is 0. The van der Waals surface area contributed by atoms with Gasteiger partial charge in [-0.15, -0.1) is 0 Å². The largest absolute Gasteiger partial charge is 0.455 e. The number of benzene rings is 20. The molecule has 0 bridgehead atoms.